The van der Waals surface area contributed by atoms with E-state index in [4.69, 9.17) is 0 Å². The van der Waals surface area contributed by atoms with Crippen molar-refractivity contribution in [2.45, 2.75) is 89.9 Å². The number of hydrogen-bond acceptors (Lipinski definition) is 1. The Bertz CT molecular complexity index is 538. The second kappa shape index (κ2) is 8.87. The van der Waals surface area contributed by atoms with E-state index < -0.39 is 5.97 Å². The molecule has 2 aliphatic carbocycles. The Balaban J connectivity index is 1.24. The van der Waals surface area contributed by atoms with E-state index in [1.165, 1.54) is 62.5 Å². The minimum absolute atomic E-state index is 0.345. The van der Waals surface area contributed by atoms with Crippen LogP contribution in [0.4, 0.5) is 0 Å². The van der Waals surface area contributed by atoms with Gasteiger partial charge in [-0.2, -0.15) is 0 Å². The van der Waals surface area contributed by atoms with Crippen molar-refractivity contribution in [1.82, 2.24) is 0 Å². The Morgan fingerprint density at radius 1 is 0.880 bits per heavy atom. The first-order valence-corrected chi connectivity index (χ1v) is 10.5. The highest BCUT2D eigenvalue weighted by Gasteiger charge is 2.49. The number of benzene rings is 1. The van der Waals surface area contributed by atoms with Crippen molar-refractivity contribution in [2.24, 2.45) is 11.3 Å². The SMILES string of the molecule is O=C(O)C1(CCCCc2ccc(CCCCCCC3CC3)cc2)CC1. The van der Waals surface area contributed by atoms with Crippen molar-refractivity contribution in [2.75, 3.05) is 0 Å². The summed E-state index contributed by atoms with van der Waals surface area (Å²) in [6.07, 6.45) is 17.1. The molecular weight excluding hydrogens is 308 g/mol. The molecule has 3 rings (SSSR count). The highest BCUT2D eigenvalue weighted by Crippen LogP contribution is 2.50. The van der Waals surface area contributed by atoms with E-state index in [-0.39, 0.29) is 5.41 Å². The minimum atomic E-state index is -0.579. The molecule has 0 aliphatic heterocycles. The molecule has 0 bridgehead atoms. The van der Waals surface area contributed by atoms with E-state index in [9.17, 15) is 9.90 Å². The van der Waals surface area contributed by atoms with Crippen LogP contribution in [0.15, 0.2) is 24.3 Å². The molecule has 0 unspecified atom stereocenters. The molecule has 0 heterocycles. The van der Waals surface area contributed by atoms with Crippen molar-refractivity contribution in [3.8, 4) is 0 Å². The van der Waals surface area contributed by atoms with Gasteiger partial charge in [0.15, 0.2) is 0 Å². The zero-order valence-corrected chi connectivity index (χ0v) is 15.6. The Hall–Kier alpha value is -1.31. The van der Waals surface area contributed by atoms with Crippen molar-refractivity contribution in [3.05, 3.63) is 35.4 Å². The lowest BCUT2D eigenvalue weighted by atomic mass is 9.96. The molecule has 2 fully saturated rings. The first kappa shape index (κ1) is 18.5. The second-order valence-electron chi connectivity index (χ2n) is 8.51. The van der Waals surface area contributed by atoms with E-state index in [1.807, 2.05) is 0 Å². The number of rotatable bonds is 13. The van der Waals surface area contributed by atoms with Crippen LogP contribution >= 0.6 is 0 Å². The van der Waals surface area contributed by atoms with Crippen LogP contribution in [0, 0.1) is 11.3 Å². The van der Waals surface area contributed by atoms with Crippen LogP contribution in [0.5, 0.6) is 0 Å². The van der Waals surface area contributed by atoms with E-state index >= 15 is 0 Å². The third-order valence-corrected chi connectivity index (χ3v) is 6.23. The van der Waals surface area contributed by atoms with E-state index in [2.05, 4.69) is 24.3 Å². The molecule has 0 aromatic heterocycles. The molecule has 2 aliphatic rings. The number of carboxylic acid groups (broad SMARTS) is 1. The number of unbranched alkanes of at least 4 members (excludes halogenated alkanes) is 4. The van der Waals surface area contributed by atoms with Crippen LogP contribution in [0.1, 0.15) is 88.2 Å². The molecule has 1 aromatic carbocycles. The smallest absolute Gasteiger partial charge is 0.309 e. The number of aryl methyl sites for hydroxylation is 2. The number of aliphatic carboxylic acids is 1. The van der Waals surface area contributed by atoms with Gasteiger partial charge in [0.25, 0.3) is 0 Å². The lowest BCUT2D eigenvalue weighted by Gasteiger charge is -2.09. The Morgan fingerprint density at radius 3 is 1.96 bits per heavy atom. The summed E-state index contributed by atoms with van der Waals surface area (Å²) in [7, 11) is 0. The molecule has 138 valence electrons. The summed E-state index contributed by atoms with van der Waals surface area (Å²) in [5.41, 5.74) is 2.52. The minimum Gasteiger partial charge on any atom is -0.481 e. The molecule has 1 N–H and O–H groups in total. The molecule has 0 spiro atoms. The Morgan fingerprint density at radius 2 is 1.44 bits per heavy atom. The fourth-order valence-electron chi connectivity index (χ4n) is 3.91. The molecule has 0 saturated heterocycles. The summed E-state index contributed by atoms with van der Waals surface area (Å²) in [5.74, 6) is 0.510. The quantitative estimate of drug-likeness (QED) is 0.435. The maximum Gasteiger partial charge on any atom is 0.309 e. The van der Waals surface area contributed by atoms with Gasteiger partial charge in [0.1, 0.15) is 0 Å². The van der Waals surface area contributed by atoms with Gasteiger partial charge in [-0.05, 0) is 62.0 Å². The number of hydrogen-bond donors (Lipinski definition) is 1. The van der Waals surface area contributed by atoms with E-state index in [0.29, 0.717) is 0 Å². The lowest BCUT2D eigenvalue weighted by Crippen LogP contribution is -2.14. The van der Waals surface area contributed by atoms with Gasteiger partial charge in [-0.1, -0.05) is 69.2 Å². The van der Waals surface area contributed by atoms with Gasteiger partial charge in [-0.15, -0.1) is 0 Å². The van der Waals surface area contributed by atoms with Crippen molar-refractivity contribution in [1.29, 1.82) is 0 Å². The summed E-state index contributed by atoms with van der Waals surface area (Å²) >= 11 is 0. The Kier molecular flexibility index (Phi) is 6.56. The molecule has 1 aromatic rings. The molecule has 2 heteroatoms. The van der Waals surface area contributed by atoms with Gasteiger partial charge in [-0.3, -0.25) is 4.79 Å². The maximum absolute atomic E-state index is 11.2. The fraction of sp³-hybridized carbons (Fsp3) is 0.696. The van der Waals surface area contributed by atoms with Gasteiger partial charge in [0, 0.05) is 0 Å². The normalized spacial score (nSPS) is 18.2. The summed E-state index contributed by atoms with van der Waals surface area (Å²) < 4.78 is 0. The van der Waals surface area contributed by atoms with Gasteiger partial charge in [0.05, 0.1) is 5.41 Å². The first-order valence-electron chi connectivity index (χ1n) is 10.5. The molecule has 25 heavy (non-hydrogen) atoms. The molecule has 2 nitrogen and oxygen atoms in total. The first-order chi connectivity index (χ1) is 12.2. The van der Waals surface area contributed by atoms with Crippen LogP contribution in [-0.4, -0.2) is 11.1 Å². The van der Waals surface area contributed by atoms with Crippen molar-refractivity contribution < 1.29 is 9.90 Å². The number of carboxylic acids is 1. The predicted octanol–water partition coefficient (Wildman–Crippen LogP) is 6.17. The average molecular weight is 343 g/mol. The zero-order valence-electron chi connectivity index (χ0n) is 15.6. The largest absolute Gasteiger partial charge is 0.481 e. The third kappa shape index (κ3) is 6.17. The molecular formula is C23H34O2. The van der Waals surface area contributed by atoms with Crippen molar-refractivity contribution >= 4 is 5.97 Å². The topological polar surface area (TPSA) is 37.3 Å². The third-order valence-electron chi connectivity index (χ3n) is 6.23. The maximum atomic E-state index is 11.2. The molecule has 0 amide bonds. The van der Waals surface area contributed by atoms with Crippen LogP contribution in [0.3, 0.4) is 0 Å². The summed E-state index contributed by atoms with van der Waals surface area (Å²) in [6, 6.07) is 9.12. The summed E-state index contributed by atoms with van der Waals surface area (Å²) in [6.45, 7) is 0. The van der Waals surface area contributed by atoms with Gasteiger partial charge in [-0.25, -0.2) is 0 Å². The number of carbonyl (C=O) groups is 1. The van der Waals surface area contributed by atoms with E-state index in [1.54, 1.807) is 0 Å². The van der Waals surface area contributed by atoms with Crippen LogP contribution in [-0.2, 0) is 17.6 Å². The standard InChI is InChI=1S/C23H34O2/c24-22(25)23(17-18-23)16-6-5-9-21-14-12-20(13-15-21)8-4-2-1-3-7-19-10-11-19/h12-15,19H,1-11,16-18H2,(H,24,25). The highest BCUT2D eigenvalue weighted by atomic mass is 16.4. The van der Waals surface area contributed by atoms with Gasteiger partial charge in [0.2, 0.25) is 0 Å². The average Bonchev–Trinajstić information content (AvgIpc) is 3.51. The predicted molar refractivity (Wildman–Crippen MR) is 103 cm³/mol. The van der Waals surface area contributed by atoms with Crippen LogP contribution < -0.4 is 0 Å². The van der Waals surface area contributed by atoms with Crippen LogP contribution in [0.25, 0.3) is 0 Å². The second-order valence-corrected chi connectivity index (χ2v) is 8.51. The summed E-state index contributed by atoms with van der Waals surface area (Å²) in [4.78, 5) is 11.2. The van der Waals surface area contributed by atoms with Gasteiger partial charge < -0.3 is 5.11 Å². The lowest BCUT2D eigenvalue weighted by molar-refractivity contribution is -0.143. The molecule has 2 saturated carbocycles. The van der Waals surface area contributed by atoms with Crippen LogP contribution in [0.2, 0.25) is 0 Å². The van der Waals surface area contributed by atoms with Crippen molar-refractivity contribution in [3.63, 3.8) is 0 Å². The molecule has 0 atom stereocenters. The highest BCUT2D eigenvalue weighted by molar-refractivity contribution is 5.77. The fourth-order valence-corrected chi connectivity index (χ4v) is 3.91. The van der Waals surface area contributed by atoms with E-state index in [0.717, 1.165) is 44.4 Å². The Labute approximate surface area is 153 Å². The van der Waals surface area contributed by atoms with Gasteiger partial charge >= 0.3 is 5.97 Å². The monoisotopic (exact) mass is 342 g/mol. The zero-order chi connectivity index (χ0) is 17.5. The molecule has 0 radical (unpaired) electrons. The summed E-state index contributed by atoms with van der Waals surface area (Å²) in [5, 5.41) is 9.20.